The molecule has 0 radical (unpaired) electrons. The Kier molecular flexibility index (Phi) is 5.59. The lowest BCUT2D eigenvalue weighted by atomic mass is 9.88. The number of rotatable bonds is 5. The Hall–Kier alpha value is -2.93. The van der Waals surface area contributed by atoms with Gasteiger partial charge in [0.25, 0.3) is 0 Å². The van der Waals surface area contributed by atoms with Crippen molar-refractivity contribution in [2.45, 2.75) is 37.1 Å². The van der Waals surface area contributed by atoms with E-state index in [0.717, 1.165) is 47.0 Å². The predicted molar refractivity (Wildman–Crippen MR) is 121 cm³/mol. The van der Waals surface area contributed by atoms with Gasteiger partial charge in [0.1, 0.15) is 19.0 Å². The van der Waals surface area contributed by atoms with E-state index in [1.165, 1.54) is 22.9 Å². The van der Waals surface area contributed by atoms with E-state index in [-0.39, 0.29) is 11.9 Å². The summed E-state index contributed by atoms with van der Waals surface area (Å²) in [5, 5.41) is 7.73. The minimum Gasteiger partial charge on any atom is -0.486 e. The zero-order valence-electron chi connectivity index (χ0n) is 17.5. The summed E-state index contributed by atoms with van der Waals surface area (Å²) in [5.41, 5.74) is 3.65. The molecule has 1 atom stereocenters. The van der Waals surface area contributed by atoms with Gasteiger partial charge in [-0.25, -0.2) is 4.68 Å². The van der Waals surface area contributed by atoms with Crippen LogP contribution in [0.4, 0.5) is 5.82 Å². The molecule has 6 nitrogen and oxygen atoms in total. The number of hydrogen-bond acceptors (Lipinski definition) is 5. The third-order valence-electron chi connectivity index (χ3n) is 5.75. The third kappa shape index (κ3) is 4.14. The Morgan fingerprint density at radius 3 is 2.94 bits per heavy atom. The van der Waals surface area contributed by atoms with E-state index in [9.17, 15) is 4.79 Å². The number of nitrogens with zero attached hydrogens (tertiary/aromatic N) is 2. The van der Waals surface area contributed by atoms with Crippen LogP contribution in [0.15, 0.2) is 53.6 Å². The van der Waals surface area contributed by atoms with Crippen molar-refractivity contribution >= 4 is 23.5 Å². The van der Waals surface area contributed by atoms with E-state index in [1.807, 2.05) is 36.0 Å². The minimum atomic E-state index is -0.0474. The normalized spacial score (nSPS) is 17.1. The number of nitrogens with one attached hydrogen (secondary N) is 1. The van der Waals surface area contributed by atoms with Crippen LogP contribution in [0.3, 0.4) is 0 Å². The second kappa shape index (κ2) is 8.67. The molecule has 1 amide bonds. The SMILES string of the molecule is Cc1cnn(C2CCCc3ccccc32)c1NC(=O)CSc1ccc2c(c1)OCCO2. The highest BCUT2D eigenvalue weighted by Gasteiger charge is 2.25. The van der Waals surface area contributed by atoms with Crippen molar-refractivity contribution in [3.63, 3.8) is 0 Å². The first-order valence-electron chi connectivity index (χ1n) is 10.6. The van der Waals surface area contributed by atoms with Crippen molar-refractivity contribution in [1.82, 2.24) is 9.78 Å². The molecule has 31 heavy (non-hydrogen) atoms. The van der Waals surface area contributed by atoms with Crippen molar-refractivity contribution < 1.29 is 14.3 Å². The van der Waals surface area contributed by atoms with E-state index in [2.05, 4.69) is 34.7 Å². The van der Waals surface area contributed by atoms with Gasteiger partial charge in [-0.3, -0.25) is 4.79 Å². The maximum atomic E-state index is 12.8. The summed E-state index contributed by atoms with van der Waals surface area (Å²) in [7, 11) is 0. The largest absolute Gasteiger partial charge is 0.486 e. The van der Waals surface area contributed by atoms with Crippen molar-refractivity contribution in [3.05, 3.63) is 65.4 Å². The number of thioether (sulfide) groups is 1. The first-order chi connectivity index (χ1) is 15.2. The second-order valence-electron chi connectivity index (χ2n) is 7.87. The summed E-state index contributed by atoms with van der Waals surface area (Å²) < 4.78 is 13.2. The summed E-state index contributed by atoms with van der Waals surface area (Å²) in [5.74, 6) is 2.54. The summed E-state index contributed by atoms with van der Waals surface area (Å²) in [6.07, 6.45) is 5.07. The summed E-state index contributed by atoms with van der Waals surface area (Å²) in [6.45, 7) is 3.11. The molecule has 1 unspecified atom stereocenters. The molecular formula is C24H25N3O3S. The molecule has 0 saturated carbocycles. The molecule has 2 aliphatic rings. The van der Waals surface area contributed by atoms with Crippen LogP contribution < -0.4 is 14.8 Å². The highest BCUT2D eigenvalue weighted by Crippen LogP contribution is 2.36. The fourth-order valence-corrected chi connectivity index (χ4v) is 4.98. The van der Waals surface area contributed by atoms with Gasteiger partial charge in [-0.2, -0.15) is 5.10 Å². The average Bonchev–Trinajstić information content (AvgIpc) is 3.17. The molecule has 5 rings (SSSR count). The monoisotopic (exact) mass is 435 g/mol. The minimum absolute atomic E-state index is 0.0474. The van der Waals surface area contributed by atoms with Gasteiger partial charge < -0.3 is 14.8 Å². The topological polar surface area (TPSA) is 65.4 Å². The summed E-state index contributed by atoms with van der Waals surface area (Å²) >= 11 is 1.48. The zero-order valence-corrected chi connectivity index (χ0v) is 18.3. The Bertz CT molecular complexity index is 1110. The highest BCUT2D eigenvalue weighted by atomic mass is 32.2. The maximum Gasteiger partial charge on any atom is 0.235 e. The van der Waals surface area contributed by atoms with Crippen LogP contribution in [-0.2, 0) is 11.2 Å². The zero-order chi connectivity index (χ0) is 21.2. The van der Waals surface area contributed by atoms with Gasteiger partial charge in [0.2, 0.25) is 5.91 Å². The number of anilines is 1. The van der Waals surface area contributed by atoms with Crippen LogP contribution in [0.1, 0.15) is 35.6 Å². The van der Waals surface area contributed by atoms with Crippen LogP contribution in [0.2, 0.25) is 0 Å². The Morgan fingerprint density at radius 2 is 2.03 bits per heavy atom. The number of carbonyl (C=O) groups excluding carboxylic acids is 1. The number of fused-ring (bicyclic) bond motifs is 2. The van der Waals surface area contributed by atoms with E-state index in [4.69, 9.17) is 9.47 Å². The molecule has 160 valence electrons. The average molecular weight is 436 g/mol. The molecule has 1 N–H and O–H groups in total. The van der Waals surface area contributed by atoms with Gasteiger partial charge in [-0.05, 0) is 55.5 Å². The van der Waals surface area contributed by atoms with Gasteiger partial charge in [0.05, 0.1) is 18.0 Å². The Balaban J connectivity index is 1.29. The number of ether oxygens (including phenoxy) is 2. The van der Waals surface area contributed by atoms with Crippen LogP contribution in [0.5, 0.6) is 11.5 Å². The van der Waals surface area contributed by atoms with Gasteiger partial charge in [0, 0.05) is 10.5 Å². The van der Waals surface area contributed by atoms with Crippen molar-refractivity contribution in [3.8, 4) is 11.5 Å². The lowest BCUT2D eigenvalue weighted by Gasteiger charge is -2.27. The number of amides is 1. The standard InChI is InChI=1S/C24H25N3O3S/c1-16-14-25-27(20-8-4-6-17-5-2-3-7-19(17)20)24(16)26-23(28)15-31-18-9-10-21-22(13-18)30-12-11-29-21/h2-3,5,7,9-10,13-14,20H,4,6,8,11-12,15H2,1H3,(H,26,28). The van der Waals surface area contributed by atoms with Gasteiger partial charge in [0.15, 0.2) is 11.5 Å². The number of benzene rings is 2. The number of hydrogen-bond donors (Lipinski definition) is 1. The van der Waals surface area contributed by atoms with Gasteiger partial charge in [-0.15, -0.1) is 11.8 Å². The summed E-state index contributed by atoms with van der Waals surface area (Å²) in [4.78, 5) is 13.8. The lowest BCUT2D eigenvalue weighted by molar-refractivity contribution is -0.113. The Morgan fingerprint density at radius 1 is 1.19 bits per heavy atom. The number of aromatic nitrogens is 2. The first kappa shape index (κ1) is 20.0. The smallest absolute Gasteiger partial charge is 0.235 e. The molecule has 2 heterocycles. The molecule has 1 aliphatic heterocycles. The Labute approximate surface area is 185 Å². The molecule has 7 heteroatoms. The fraction of sp³-hybridized carbons (Fsp3) is 0.333. The number of carbonyl (C=O) groups is 1. The third-order valence-corrected chi connectivity index (χ3v) is 6.75. The van der Waals surface area contributed by atoms with Crippen LogP contribution in [0.25, 0.3) is 0 Å². The second-order valence-corrected chi connectivity index (χ2v) is 8.92. The number of aryl methyl sites for hydroxylation is 2. The van der Waals surface area contributed by atoms with E-state index in [0.29, 0.717) is 19.0 Å². The van der Waals surface area contributed by atoms with Gasteiger partial charge in [-0.1, -0.05) is 24.3 Å². The molecule has 0 bridgehead atoms. The lowest BCUT2D eigenvalue weighted by Crippen LogP contribution is -2.23. The molecule has 0 fully saturated rings. The van der Waals surface area contributed by atoms with E-state index in [1.54, 1.807) is 0 Å². The molecule has 0 saturated heterocycles. The summed E-state index contributed by atoms with van der Waals surface area (Å²) in [6, 6.07) is 14.5. The predicted octanol–water partition coefficient (Wildman–Crippen LogP) is 4.62. The van der Waals surface area contributed by atoms with E-state index < -0.39 is 0 Å². The molecule has 1 aliphatic carbocycles. The highest BCUT2D eigenvalue weighted by molar-refractivity contribution is 8.00. The maximum absolute atomic E-state index is 12.8. The van der Waals surface area contributed by atoms with Crippen LogP contribution >= 0.6 is 11.8 Å². The van der Waals surface area contributed by atoms with Crippen LogP contribution in [0, 0.1) is 6.92 Å². The van der Waals surface area contributed by atoms with Crippen molar-refractivity contribution in [2.75, 3.05) is 24.3 Å². The molecule has 0 spiro atoms. The first-order valence-corrected chi connectivity index (χ1v) is 11.6. The molecular weight excluding hydrogens is 410 g/mol. The van der Waals surface area contributed by atoms with E-state index >= 15 is 0 Å². The van der Waals surface area contributed by atoms with Crippen molar-refractivity contribution in [1.29, 1.82) is 0 Å². The van der Waals surface area contributed by atoms with Crippen molar-refractivity contribution in [2.24, 2.45) is 0 Å². The fourth-order valence-electron chi connectivity index (χ4n) is 4.25. The molecule has 3 aromatic rings. The molecule has 1 aromatic heterocycles. The molecule has 2 aromatic carbocycles. The quantitative estimate of drug-likeness (QED) is 0.593. The van der Waals surface area contributed by atoms with Gasteiger partial charge >= 0.3 is 0 Å². The van der Waals surface area contributed by atoms with Crippen LogP contribution in [-0.4, -0.2) is 34.7 Å².